The molecule has 0 aliphatic rings. The molecule has 1 unspecified atom stereocenters. The van der Waals surface area contributed by atoms with E-state index in [9.17, 15) is 0 Å². The normalized spacial score (nSPS) is 12.5. The molecule has 3 heteroatoms. The smallest absolute Gasteiger partial charge is 0.129 e. The zero-order valence-electron chi connectivity index (χ0n) is 11.5. The second kappa shape index (κ2) is 6.48. The van der Waals surface area contributed by atoms with E-state index in [-0.39, 0.29) is 0 Å². The number of aromatic nitrogens is 1. The molecule has 2 N–H and O–H groups in total. The van der Waals surface area contributed by atoms with Crippen molar-refractivity contribution in [1.29, 1.82) is 0 Å². The molecule has 96 valence electrons. The minimum atomic E-state index is 0.525. The summed E-state index contributed by atoms with van der Waals surface area (Å²) in [4.78, 5) is 6.85. The molecule has 0 spiro atoms. The number of nitrogens with two attached hydrogens (primary N) is 1. The van der Waals surface area contributed by atoms with Gasteiger partial charge in [0.25, 0.3) is 0 Å². The summed E-state index contributed by atoms with van der Waals surface area (Å²) >= 11 is 0. The number of aryl methyl sites for hydroxylation is 1. The first kappa shape index (κ1) is 13.8. The lowest BCUT2D eigenvalue weighted by Crippen LogP contribution is -2.34. The topological polar surface area (TPSA) is 42.1 Å². The van der Waals surface area contributed by atoms with Gasteiger partial charge in [0, 0.05) is 12.6 Å². The molecule has 1 aromatic rings. The fraction of sp³-hybridized carbons (Fsp3) is 0.643. The number of nitrogen functional groups attached to an aromatic ring is 1. The molecule has 0 aliphatic carbocycles. The van der Waals surface area contributed by atoms with Gasteiger partial charge in [-0.1, -0.05) is 20.3 Å². The van der Waals surface area contributed by atoms with E-state index in [0.717, 1.165) is 30.0 Å². The summed E-state index contributed by atoms with van der Waals surface area (Å²) in [7, 11) is 0. The highest BCUT2D eigenvalue weighted by atomic mass is 15.2. The molecule has 17 heavy (non-hydrogen) atoms. The van der Waals surface area contributed by atoms with E-state index < -0.39 is 0 Å². The zero-order valence-corrected chi connectivity index (χ0v) is 11.5. The van der Waals surface area contributed by atoms with Crippen LogP contribution in [-0.4, -0.2) is 17.6 Å². The highest BCUT2D eigenvalue weighted by Gasteiger charge is 2.14. The number of hydrogen-bond acceptors (Lipinski definition) is 3. The SMILES string of the molecule is CCCCN(c1cc(C)c(N)cn1)C(C)CC. The van der Waals surface area contributed by atoms with Crippen LogP contribution in [0.1, 0.15) is 45.6 Å². The molecule has 0 aliphatic heterocycles. The Kier molecular flexibility index (Phi) is 5.26. The predicted molar refractivity (Wildman–Crippen MR) is 75.4 cm³/mol. The number of hydrogen-bond donors (Lipinski definition) is 1. The van der Waals surface area contributed by atoms with Crippen LogP contribution in [0.5, 0.6) is 0 Å². The lowest BCUT2D eigenvalue weighted by atomic mass is 10.1. The Labute approximate surface area is 105 Å². The minimum Gasteiger partial charge on any atom is -0.397 e. The molecule has 1 heterocycles. The summed E-state index contributed by atoms with van der Waals surface area (Å²) in [6.07, 6.45) is 5.32. The molecule has 0 saturated heterocycles. The van der Waals surface area contributed by atoms with Crippen LogP contribution in [0.15, 0.2) is 12.3 Å². The first-order valence-electron chi connectivity index (χ1n) is 6.58. The number of rotatable bonds is 6. The van der Waals surface area contributed by atoms with E-state index >= 15 is 0 Å². The fourth-order valence-corrected chi connectivity index (χ4v) is 1.82. The summed E-state index contributed by atoms with van der Waals surface area (Å²) in [5.41, 5.74) is 7.70. The van der Waals surface area contributed by atoms with Crippen molar-refractivity contribution in [1.82, 2.24) is 4.98 Å². The summed E-state index contributed by atoms with van der Waals surface area (Å²) in [5.74, 6) is 1.06. The van der Waals surface area contributed by atoms with E-state index in [1.165, 1.54) is 12.8 Å². The Morgan fingerprint density at radius 2 is 2.12 bits per heavy atom. The van der Waals surface area contributed by atoms with Crippen molar-refractivity contribution in [3.63, 3.8) is 0 Å². The molecular weight excluding hydrogens is 210 g/mol. The van der Waals surface area contributed by atoms with E-state index in [1.807, 2.05) is 6.92 Å². The van der Waals surface area contributed by atoms with Gasteiger partial charge in [-0.3, -0.25) is 0 Å². The van der Waals surface area contributed by atoms with Gasteiger partial charge in [-0.05, 0) is 38.3 Å². The number of unbranched alkanes of at least 4 members (excludes halogenated alkanes) is 1. The van der Waals surface area contributed by atoms with E-state index in [1.54, 1.807) is 6.20 Å². The third kappa shape index (κ3) is 3.62. The molecule has 0 saturated carbocycles. The Morgan fingerprint density at radius 3 is 2.65 bits per heavy atom. The Morgan fingerprint density at radius 1 is 1.41 bits per heavy atom. The molecule has 1 rings (SSSR count). The lowest BCUT2D eigenvalue weighted by Gasteiger charge is -2.30. The van der Waals surface area contributed by atoms with Crippen LogP contribution >= 0.6 is 0 Å². The molecular formula is C14H25N3. The molecule has 0 fully saturated rings. The third-order valence-electron chi connectivity index (χ3n) is 3.31. The first-order chi connectivity index (χ1) is 8.10. The van der Waals surface area contributed by atoms with Gasteiger partial charge in [0.2, 0.25) is 0 Å². The summed E-state index contributed by atoms with van der Waals surface area (Å²) in [6, 6.07) is 2.62. The average molecular weight is 235 g/mol. The third-order valence-corrected chi connectivity index (χ3v) is 3.31. The summed E-state index contributed by atoms with van der Waals surface area (Å²) < 4.78 is 0. The first-order valence-corrected chi connectivity index (χ1v) is 6.58. The minimum absolute atomic E-state index is 0.525. The lowest BCUT2D eigenvalue weighted by molar-refractivity contribution is 0.589. The quantitative estimate of drug-likeness (QED) is 0.822. The Hall–Kier alpha value is -1.25. The molecule has 1 atom stereocenters. The second-order valence-corrected chi connectivity index (χ2v) is 4.70. The van der Waals surface area contributed by atoms with E-state index in [2.05, 4.69) is 36.7 Å². The summed E-state index contributed by atoms with van der Waals surface area (Å²) in [5, 5.41) is 0. The molecule has 3 nitrogen and oxygen atoms in total. The number of pyridine rings is 1. The Bertz CT molecular complexity index is 349. The van der Waals surface area contributed by atoms with Gasteiger partial charge in [0.15, 0.2) is 0 Å². The van der Waals surface area contributed by atoms with Crippen molar-refractivity contribution < 1.29 is 0 Å². The number of nitrogens with zero attached hydrogens (tertiary/aromatic N) is 2. The van der Waals surface area contributed by atoms with Crippen LogP contribution in [0.3, 0.4) is 0 Å². The van der Waals surface area contributed by atoms with Gasteiger partial charge in [-0.15, -0.1) is 0 Å². The standard InChI is InChI=1S/C14H25N3/c1-5-7-8-17(12(4)6-2)14-9-11(3)13(15)10-16-14/h9-10,12H,5-8,15H2,1-4H3. The van der Waals surface area contributed by atoms with Crippen molar-refractivity contribution in [2.75, 3.05) is 17.2 Å². The highest BCUT2D eigenvalue weighted by Crippen LogP contribution is 2.20. The van der Waals surface area contributed by atoms with Crippen LogP contribution in [0.2, 0.25) is 0 Å². The average Bonchev–Trinajstić information content (AvgIpc) is 2.33. The van der Waals surface area contributed by atoms with Crippen molar-refractivity contribution in [2.45, 2.75) is 53.0 Å². The second-order valence-electron chi connectivity index (χ2n) is 4.70. The molecule has 1 aromatic heterocycles. The van der Waals surface area contributed by atoms with Gasteiger partial charge < -0.3 is 10.6 Å². The maximum Gasteiger partial charge on any atom is 0.129 e. The van der Waals surface area contributed by atoms with Gasteiger partial charge in [0.1, 0.15) is 5.82 Å². The molecule has 0 amide bonds. The highest BCUT2D eigenvalue weighted by molar-refractivity contribution is 5.52. The van der Waals surface area contributed by atoms with Crippen molar-refractivity contribution >= 4 is 11.5 Å². The van der Waals surface area contributed by atoms with Crippen LogP contribution in [-0.2, 0) is 0 Å². The number of anilines is 2. The maximum atomic E-state index is 5.82. The molecule has 0 bridgehead atoms. The van der Waals surface area contributed by atoms with Gasteiger partial charge in [0.05, 0.1) is 11.9 Å². The van der Waals surface area contributed by atoms with Crippen LogP contribution < -0.4 is 10.6 Å². The zero-order chi connectivity index (χ0) is 12.8. The van der Waals surface area contributed by atoms with Gasteiger partial charge in [-0.25, -0.2) is 4.98 Å². The summed E-state index contributed by atoms with van der Waals surface area (Å²) in [6.45, 7) is 9.80. The van der Waals surface area contributed by atoms with Crippen LogP contribution in [0.25, 0.3) is 0 Å². The maximum absolute atomic E-state index is 5.82. The van der Waals surface area contributed by atoms with Crippen molar-refractivity contribution in [3.8, 4) is 0 Å². The molecule has 0 aromatic carbocycles. The largest absolute Gasteiger partial charge is 0.397 e. The Balaban J connectivity index is 2.91. The van der Waals surface area contributed by atoms with Crippen LogP contribution in [0.4, 0.5) is 11.5 Å². The van der Waals surface area contributed by atoms with E-state index in [4.69, 9.17) is 5.73 Å². The van der Waals surface area contributed by atoms with Gasteiger partial charge in [-0.2, -0.15) is 0 Å². The van der Waals surface area contributed by atoms with Crippen molar-refractivity contribution in [2.24, 2.45) is 0 Å². The van der Waals surface area contributed by atoms with Gasteiger partial charge >= 0.3 is 0 Å². The van der Waals surface area contributed by atoms with Crippen molar-refractivity contribution in [3.05, 3.63) is 17.8 Å². The molecule has 0 radical (unpaired) electrons. The van der Waals surface area contributed by atoms with E-state index in [0.29, 0.717) is 6.04 Å². The predicted octanol–water partition coefficient (Wildman–Crippen LogP) is 3.38. The monoisotopic (exact) mass is 235 g/mol. The fourth-order valence-electron chi connectivity index (χ4n) is 1.82. The van der Waals surface area contributed by atoms with Crippen LogP contribution in [0, 0.1) is 6.92 Å².